The summed E-state index contributed by atoms with van der Waals surface area (Å²) < 4.78 is 36.0. The van der Waals surface area contributed by atoms with Crippen LogP contribution in [0.2, 0.25) is 0 Å². The molecule has 0 aromatic rings. The van der Waals surface area contributed by atoms with Gasteiger partial charge in [-0.2, -0.15) is 0 Å². The molecule has 0 saturated carbocycles. The van der Waals surface area contributed by atoms with Crippen LogP contribution in [0.4, 0.5) is 0 Å². The lowest BCUT2D eigenvalue weighted by Crippen LogP contribution is -2.14. The molecule has 0 saturated heterocycles. The lowest BCUT2D eigenvalue weighted by Gasteiger charge is -2.08. The normalized spacial score (nSPS) is 10.9. The average molecular weight is 396 g/mol. The highest BCUT2D eigenvalue weighted by atomic mass is 16.6. The Balaban J connectivity index is 3.03. The summed E-state index contributed by atoms with van der Waals surface area (Å²) in [5.74, 6) is -1.17. The first-order chi connectivity index (χ1) is 13.2. The summed E-state index contributed by atoms with van der Waals surface area (Å²) in [6, 6.07) is 0. The Morgan fingerprint density at radius 3 is 1.15 bits per heavy atom. The quantitative estimate of drug-likeness (QED) is 0.212. The van der Waals surface area contributed by atoms with E-state index in [2.05, 4.69) is 4.74 Å². The third-order valence-electron chi connectivity index (χ3n) is 3.00. The van der Waals surface area contributed by atoms with Crippen LogP contribution in [0.1, 0.15) is 12.8 Å². The first-order valence-electron chi connectivity index (χ1n) is 8.92. The fraction of sp³-hybridized carbons (Fsp3) is 0.882. The molecule has 0 aliphatic rings. The van der Waals surface area contributed by atoms with Crippen molar-refractivity contribution >= 4 is 11.9 Å². The van der Waals surface area contributed by atoms with E-state index in [4.69, 9.17) is 33.5 Å². The molecule has 0 amide bonds. The van der Waals surface area contributed by atoms with Gasteiger partial charge in [0, 0.05) is 0 Å². The number of carbonyl (C=O) groups excluding carboxylic acids is 1. The number of methoxy groups -OCH3 is 1. The third kappa shape index (κ3) is 22.7. The van der Waals surface area contributed by atoms with Crippen LogP contribution in [0.5, 0.6) is 0 Å². The molecule has 0 aromatic carbocycles. The number of carboxylic acid groups (broad SMARTS) is 1. The molecule has 0 atom stereocenters. The summed E-state index contributed by atoms with van der Waals surface area (Å²) in [7, 11) is 1.34. The minimum Gasteiger partial charge on any atom is -0.481 e. The molecule has 0 rings (SSSR count). The summed E-state index contributed by atoms with van der Waals surface area (Å²) >= 11 is 0. The molecule has 0 heterocycles. The number of hydrogen-bond donors (Lipinski definition) is 1. The second-order valence-electron chi connectivity index (χ2n) is 5.14. The molecule has 0 aliphatic carbocycles. The topological polar surface area (TPSA) is 119 Å². The van der Waals surface area contributed by atoms with Crippen molar-refractivity contribution in [2.45, 2.75) is 12.8 Å². The van der Waals surface area contributed by atoms with Crippen molar-refractivity contribution in [3.63, 3.8) is 0 Å². The van der Waals surface area contributed by atoms with Crippen molar-refractivity contribution in [3.8, 4) is 0 Å². The van der Waals surface area contributed by atoms with Gasteiger partial charge in [-0.05, 0) is 0 Å². The van der Waals surface area contributed by atoms with Gasteiger partial charge in [0.25, 0.3) is 0 Å². The van der Waals surface area contributed by atoms with Gasteiger partial charge in [0.15, 0.2) is 0 Å². The lowest BCUT2D eigenvalue weighted by molar-refractivity contribution is -0.142. The molecular formula is C17H32O10. The molecule has 1 N–H and O–H groups in total. The van der Waals surface area contributed by atoms with E-state index >= 15 is 0 Å². The van der Waals surface area contributed by atoms with Crippen molar-refractivity contribution in [2.24, 2.45) is 0 Å². The van der Waals surface area contributed by atoms with E-state index in [9.17, 15) is 9.59 Å². The fourth-order valence-electron chi connectivity index (χ4n) is 1.62. The van der Waals surface area contributed by atoms with Gasteiger partial charge in [-0.25, -0.2) is 0 Å². The maximum absolute atomic E-state index is 10.8. The molecule has 0 radical (unpaired) electrons. The largest absolute Gasteiger partial charge is 0.481 e. The van der Waals surface area contributed by atoms with Crippen molar-refractivity contribution < 1.29 is 47.9 Å². The molecule has 160 valence electrons. The molecular weight excluding hydrogens is 364 g/mol. The summed E-state index contributed by atoms with van der Waals surface area (Å²) in [5.41, 5.74) is 0. The number of hydrogen-bond acceptors (Lipinski definition) is 9. The standard InChI is InChI=1S/C17H32O10/c1-21-17(20)3-5-23-7-9-25-11-13-27-15-14-26-12-10-24-8-6-22-4-2-16(18)19/h2-15H2,1H3,(H,18,19). The van der Waals surface area contributed by atoms with Gasteiger partial charge in [0.05, 0.1) is 99.2 Å². The summed E-state index contributed by atoms with van der Waals surface area (Å²) in [5, 5.41) is 8.42. The maximum atomic E-state index is 10.8. The molecule has 0 unspecified atom stereocenters. The molecule has 27 heavy (non-hydrogen) atoms. The third-order valence-corrected chi connectivity index (χ3v) is 3.00. The van der Waals surface area contributed by atoms with Gasteiger partial charge in [-0.1, -0.05) is 0 Å². The Hall–Kier alpha value is -1.30. The number of aliphatic carboxylic acids is 1. The second-order valence-corrected chi connectivity index (χ2v) is 5.14. The van der Waals surface area contributed by atoms with Crippen molar-refractivity contribution in [2.75, 3.05) is 86.4 Å². The van der Waals surface area contributed by atoms with Gasteiger partial charge >= 0.3 is 11.9 Å². The lowest BCUT2D eigenvalue weighted by atomic mass is 10.5. The van der Waals surface area contributed by atoms with Crippen molar-refractivity contribution in [3.05, 3.63) is 0 Å². The van der Waals surface area contributed by atoms with Gasteiger partial charge in [-0.3, -0.25) is 9.59 Å². The minimum absolute atomic E-state index is 0.00102. The number of esters is 1. The van der Waals surface area contributed by atoms with E-state index in [0.29, 0.717) is 72.7 Å². The number of rotatable bonds is 21. The number of carboxylic acids is 1. The monoisotopic (exact) mass is 396 g/mol. The second kappa shape index (κ2) is 21.0. The van der Waals surface area contributed by atoms with E-state index in [1.54, 1.807) is 0 Å². The summed E-state index contributed by atoms with van der Waals surface area (Å²) in [6.07, 6.45) is 0.240. The van der Waals surface area contributed by atoms with Crippen LogP contribution < -0.4 is 0 Å². The minimum atomic E-state index is -0.875. The van der Waals surface area contributed by atoms with E-state index < -0.39 is 5.97 Å². The van der Waals surface area contributed by atoms with Gasteiger partial charge in [0.2, 0.25) is 0 Å². The molecule has 0 bridgehead atoms. The zero-order chi connectivity index (χ0) is 20.0. The van der Waals surface area contributed by atoms with Crippen LogP contribution in [-0.2, 0) is 42.7 Å². The van der Waals surface area contributed by atoms with E-state index in [-0.39, 0.29) is 25.4 Å². The molecule has 10 nitrogen and oxygen atoms in total. The Morgan fingerprint density at radius 1 is 0.556 bits per heavy atom. The predicted molar refractivity (Wildman–Crippen MR) is 93.8 cm³/mol. The maximum Gasteiger partial charge on any atom is 0.307 e. The van der Waals surface area contributed by atoms with E-state index in [1.165, 1.54) is 7.11 Å². The molecule has 0 fully saturated rings. The molecule has 0 aliphatic heterocycles. The zero-order valence-corrected chi connectivity index (χ0v) is 16.0. The van der Waals surface area contributed by atoms with Crippen LogP contribution in [0, 0.1) is 0 Å². The van der Waals surface area contributed by atoms with Gasteiger partial charge in [0.1, 0.15) is 0 Å². The first kappa shape index (κ1) is 25.7. The predicted octanol–water partition coefficient (Wildman–Crippen LogP) is 0.124. The van der Waals surface area contributed by atoms with Crippen LogP contribution in [0.15, 0.2) is 0 Å². The van der Waals surface area contributed by atoms with Crippen LogP contribution in [-0.4, -0.2) is 103 Å². The van der Waals surface area contributed by atoms with Crippen molar-refractivity contribution in [1.29, 1.82) is 0 Å². The highest BCUT2D eigenvalue weighted by Gasteiger charge is 1.99. The number of carbonyl (C=O) groups is 2. The van der Waals surface area contributed by atoms with Crippen LogP contribution in [0.3, 0.4) is 0 Å². The Morgan fingerprint density at radius 2 is 0.852 bits per heavy atom. The zero-order valence-electron chi connectivity index (χ0n) is 16.0. The summed E-state index contributed by atoms with van der Waals surface area (Å²) in [4.78, 5) is 21.1. The molecule has 0 spiro atoms. The Bertz CT molecular complexity index is 351. The van der Waals surface area contributed by atoms with Crippen molar-refractivity contribution in [1.82, 2.24) is 0 Å². The SMILES string of the molecule is COC(=O)CCOCCOCCOCCOCCOCCOCCC(=O)O. The van der Waals surface area contributed by atoms with Crippen LogP contribution >= 0.6 is 0 Å². The average Bonchev–Trinajstić information content (AvgIpc) is 2.65. The highest BCUT2D eigenvalue weighted by molar-refractivity contribution is 5.69. The van der Waals surface area contributed by atoms with Gasteiger partial charge in [-0.15, -0.1) is 0 Å². The Kier molecular flexibility index (Phi) is 20.0. The van der Waals surface area contributed by atoms with E-state index in [1.807, 2.05) is 0 Å². The summed E-state index contributed by atoms with van der Waals surface area (Å²) in [6.45, 7) is 4.93. The number of ether oxygens (including phenoxy) is 7. The fourth-order valence-corrected chi connectivity index (χ4v) is 1.62. The molecule has 10 heteroatoms. The first-order valence-corrected chi connectivity index (χ1v) is 8.92. The van der Waals surface area contributed by atoms with E-state index in [0.717, 1.165) is 0 Å². The smallest absolute Gasteiger partial charge is 0.307 e. The van der Waals surface area contributed by atoms with Gasteiger partial charge < -0.3 is 38.3 Å². The Labute approximate surface area is 159 Å². The molecule has 0 aromatic heterocycles. The van der Waals surface area contributed by atoms with Crippen LogP contribution in [0.25, 0.3) is 0 Å². The highest BCUT2D eigenvalue weighted by Crippen LogP contribution is 1.88.